The summed E-state index contributed by atoms with van der Waals surface area (Å²) in [4.78, 5) is 51.9. The number of ether oxygens (including phenoxy) is 4. The van der Waals surface area contributed by atoms with Crippen molar-refractivity contribution < 1.29 is 33.3 Å². The first-order chi connectivity index (χ1) is 19.0. The molecule has 1 aromatic rings. The summed E-state index contributed by atoms with van der Waals surface area (Å²) in [6.07, 6.45) is -1.59. The molecule has 0 bridgehead atoms. The van der Waals surface area contributed by atoms with Crippen molar-refractivity contribution in [2.24, 2.45) is 15.7 Å². The highest BCUT2D eigenvalue weighted by atomic mass is 35.5. The minimum atomic E-state index is -0.794. The summed E-state index contributed by atoms with van der Waals surface area (Å²) in [5, 5.41) is 6.89. The van der Waals surface area contributed by atoms with E-state index in [-0.39, 0.29) is 73.9 Å². The highest BCUT2D eigenvalue weighted by molar-refractivity contribution is 6.31. The molecule has 0 aromatic carbocycles. The second-order valence-corrected chi connectivity index (χ2v) is 10.4. The molecule has 3 amide bonds. The highest BCUT2D eigenvalue weighted by Crippen LogP contribution is 2.17. The van der Waals surface area contributed by atoms with Crippen molar-refractivity contribution in [3.63, 3.8) is 0 Å². The first-order valence-corrected chi connectivity index (χ1v) is 12.7. The van der Waals surface area contributed by atoms with Gasteiger partial charge in [0.1, 0.15) is 11.2 Å². The van der Waals surface area contributed by atoms with E-state index >= 15 is 0 Å². The van der Waals surface area contributed by atoms with E-state index in [4.69, 9.17) is 47.7 Å². The molecule has 0 spiro atoms. The van der Waals surface area contributed by atoms with Crippen molar-refractivity contribution in [2.75, 3.05) is 51.0 Å². The standard InChI is InChI=1S/C23H39ClN10O7/c1-22(2,3)40-20(36)33-19(34-21(37)41-23(4,5)6)29-8-10-39-12-11-38-9-7-28-18(27)32-17(35)13-15(25)31-16(26)14(24)30-13/h7-12H2,1-6H3,(H4,25,26,31)(H3,27,28,32,35)(H2,29,33,34,36,37). The highest BCUT2D eigenvalue weighted by Gasteiger charge is 2.21. The molecular formula is C23H39ClN10O7. The molecule has 1 aromatic heterocycles. The number of hydrogen-bond donors (Lipinski definition) is 6. The monoisotopic (exact) mass is 602 g/mol. The number of carbonyl (C=O) groups is 3. The number of alkyl carbamates (subject to hydrolysis) is 2. The summed E-state index contributed by atoms with van der Waals surface area (Å²) in [6, 6.07) is 0. The van der Waals surface area contributed by atoms with Gasteiger partial charge in [0.15, 0.2) is 28.4 Å². The Morgan fingerprint density at radius 3 is 1.76 bits per heavy atom. The van der Waals surface area contributed by atoms with E-state index in [1.54, 1.807) is 41.5 Å². The summed E-state index contributed by atoms with van der Waals surface area (Å²) in [7, 11) is 0. The molecule has 41 heavy (non-hydrogen) atoms. The zero-order valence-corrected chi connectivity index (χ0v) is 24.8. The number of amides is 3. The molecule has 0 aliphatic rings. The number of nitrogens with one attached hydrogen (secondary N) is 3. The Labute approximate surface area is 243 Å². The molecule has 1 heterocycles. The topological polar surface area (TPSA) is 253 Å². The fraction of sp³-hybridized carbons (Fsp3) is 0.609. The zero-order chi connectivity index (χ0) is 31.2. The number of nitrogens with two attached hydrogens (primary N) is 3. The van der Waals surface area contributed by atoms with E-state index in [9.17, 15) is 14.4 Å². The van der Waals surface area contributed by atoms with Crippen LogP contribution in [0.5, 0.6) is 0 Å². The number of halogens is 1. The number of guanidine groups is 2. The quantitative estimate of drug-likeness (QED) is 0.123. The smallest absolute Gasteiger partial charge is 0.414 e. The lowest BCUT2D eigenvalue weighted by atomic mass is 10.2. The van der Waals surface area contributed by atoms with Crippen molar-refractivity contribution in [2.45, 2.75) is 52.7 Å². The van der Waals surface area contributed by atoms with Crippen LogP contribution in [0.4, 0.5) is 21.2 Å². The van der Waals surface area contributed by atoms with E-state index in [1.165, 1.54) is 0 Å². The van der Waals surface area contributed by atoms with Gasteiger partial charge in [0.2, 0.25) is 5.96 Å². The van der Waals surface area contributed by atoms with E-state index in [0.29, 0.717) is 0 Å². The second-order valence-electron chi connectivity index (χ2n) is 10.1. The van der Waals surface area contributed by atoms with Crippen molar-refractivity contribution in [3.05, 3.63) is 10.8 Å². The lowest BCUT2D eigenvalue weighted by Crippen LogP contribution is -2.47. The largest absolute Gasteiger partial charge is 0.444 e. The van der Waals surface area contributed by atoms with Crippen LogP contribution in [0.25, 0.3) is 0 Å². The Morgan fingerprint density at radius 2 is 1.27 bits per heavy atom. The number of rotatable bonds is 10. The Bertz CT molecular complexity index is 1090. The molecule has 0 saturated carbocycles. The number of anilines is 2. The van der Waals surface area contributed by atoms with Crippen LogP contribution in [-0.4, -0.2) is 90.7 Å². The lowest BCUT2D eigenvalue weighted by Gasteiger charge is -2.22. The Balaban J connectivity index is 2.39. The maximum atomic E-state index is 12.2. The van der Waals surface area contributed by atoms with Crippen molar-refractivity contribution in [1.82, 2.24) is 25.9 Å². The number of aromatic nitrogens is 2. The average molecular weight is 603 g/mol. The summed E-state index contributed by atoms with van der Waals surface area (Å²) in [5.74, 6) is -1.39. The van der Waals surface area contributed by atoms with Gasteiger partial charge >= 0.3 is 12.2 Å². The molecule has 0 saturated heterocycles. The normalized spacial score (nSPS) is 11.8. The van der Waals surface area contributed by atoms with Gasteiger partial charge in [-0.05, 0) is 41.5 Å². The number of nitrogen functional groups attached to an aromatic ring is 2. The van der Waals surface area contributed by atoms with Crippen molar-refractivity contribution in [1.29, 1.82) is 0 Å². The Kier molecular flexibility index (Phi) is 14.0. The van der Waals surface area contributed by atoms with Gasteiger partial charge in [0.25, 0.3) is 5.91 Å². The second kappa shape index (κ2) is 16.3. The van der Waals surface area contributed by atoms with Gasteiger partial charge < -0.3 is 36.1 Å². The van der Waals surface area contributed by atoms with Crippen LogP contribution in [0.3, 0.4) is 0 Å². The molecule has 9 N–H and O–H groups in total. The van der Waals surface area contributed by atoms with Crippen LogP contribution >= 0.6 is 11.6 Å². The molecule has 230 valence electrons. The molecule has 0 atom stereocenters. The third-order valence-electron chi connectivity index (χ3n) is 4.00. The zero-order valence-electron chi connectivity index (χ0n) is 24.0. The number of nitrogens with zero attached hydrogens (tertiary/aromatic N) is 4. The third-order valence-corrected chi connectivity index (χ3v) is 4.27. The maximum absolute atomic E-state index is 12.2. The molecule has 0 fully saturated rings. The molecule has 18 heteroatoms. The number of carbonyl (C=O) groups excluding carboxylic acids is 3. The van der Waals surface area contributed by atoms with E-state index in [1.807, 2.05) is 0 Å². The van der Waals surface area contributed by atoms with Gasteiger partial charge in [-0.3, -0.25) is 25.7 Å². The summed E-state index contributed by atoms with van der Waals surface area (Å²) >= 11 is 5.76. The summed E-state index contributed by atoms with van der Waals surface area (Å²) in [5.41, 5.74) is 15.0. The number of hydrogen-bond acceptors (Lipinski definition) is 13. The van der Waals surface area contributed by atoms with Gasteiger partial charge in [0.05, 0.1) is 39.5 Å². The van der Waals surface area contributed by atoms with Gasteiger partial charge in [0, 0.05) is 0 Å². The molecule has 17 nitrogen and oxygen atoms in total. The van der Waals surface area contributed by atoms with Crippen LogP contribution in [0.15, 0.2) is 9.98 Å². The fourth-order valence-corrected chi connectivity index (χ4v) is 2.64. The van der Waals surface area contributed by atoms with Crippen molar-refractivity contribution >= 4 is 53.2 Å². The summed E-state index contributed by atoms with van der Waals surface area (Å²) < 4.78 is 21.2. The van der Waals surface area contributed by atoms with E-state index in [0.717, 1.165) is 0 Å². The van der Waals surface area contributed by atoms with Crippen LogP contribution in [0, 0.1) is 0 Å². The Hall–Kier alpha value is -3.96. The van der Waals surface area contributed by atoms with Crippen LogP contribution < -0.4 is 33.2 Å². The first kappa shape index (κ1) is 35.1. The van der Waals surface area contributed by atoms with Gasteiger partial charge in [-0.1, -0.05) is 11.6 Å². The molecule has 1 rings (SSSR count). The van der Waals surface area contributed by atoms with Gasteiger partial charge in [-0.25, -0.2) is 24.5 Å². The SMILES string of the molecule is CC(C)(C)OC(=O)NC(=NCCOCCOCCN=C(N)NC(=O)c1nc(Cl)c(N)nc1N)NC(=O)OC(C)(C)C. The van der Waals surface area contributed by atoms with Crippen molar-refractivity contribution in [3.8, 4) is 0 Å². The molecule has 0 aliphatic carbocycles. The summed E-state index contributed by atoms with van der Waals surface area (Å²) in [6.45, 7) is 11.3. The molecular weight excluding hydrogens is 564 g/mol. The predicted octanol–water partition coefficient (Wildman–Crippen LogP) is 0.778. The molecule has 0 aliphatic heterocycles. The minimum absolute atomic E-state index is 0.105. The lowest BCUT2D eigenvalue weighted by molar-refractivity contribution is 0.0529. The van der Waals surface area contributed by atoms with Crippen LogP contribution in [0.1, 0.15) is 52.0 Å². The van der Waals surface area contributed by atoms with Gasteiger partial charge in [-0.2, -0.15) is 0 Å². The average Bonchev–Trinajstić information content (AvgIpc) is 2.79. The fourth-order valence-electron chi connectivity index (χ4n) is 2.51. The maximum Gasteiger partial charge on any atom is 0.414 e. The Morgan fingerprint density at radius 1 is 0.780 bits per heavy atom. The first-order valence-electron chi connectivity index (χ1n) is 12.4. The van der Waals surface area contributed by atoms with Crippen LogP contribution in [-0.2, 0) is 18.9 Å². The van der Waals surface area contributed by atoms with E-state index < -0.39 is 29.3 Å². The van der Waals surface area contributed by atoms with Crippen LogP contribution in [0.2, 0.25) is 5.15 Å². The molecule has 0 unspecified atom stereocenters. The third kappa shape index (κ3) is 16.0. The molecule has 0 radical (unpaired) electrons. The minimum Gasteiger partial charge on any atom is -0.444 e. The predicted molar refractivity (Wildman–Crippen MR) is 153 cm³/mol. The van der Waals surface area contributed by atoms with Gasteiger partial charge in [-0.15, -0.1) is 0 Å². The number of aliphatic imine (C=N–C) groups is 2. The van der Waals surface area contributed by atoms with E-state index in [2.05, 4.69) is 35.9 Å².